The molecule has 6 heteroatoms. The average Bonchev–Trinajstić information content (AvgIpc) is 2.20. The van der Waals surface area contributed by atoms with Gasteiger partial charge in [0.05, 0.1) is 7.11 Å². The highest BCUT2D eigenvalue weighted by atomic mass is 16.5. The summed E-state index contributed by atoms with van der Waals surface area (Å²) >= 11 is 0. The first kappa shape index (κ1) is 15.4. The van der Waals surface area contributed by atoms with Crippen LogP contribution in [0.2, 0.25) is 0 Å². The zero-order chi connectivity index (χ0) is 13.6. The summed E-state index contributed by atoms with van der Waals surface area (Å²) in [5.41, 5.74) is -0.643. The number of ether oxygens (including phenoxy) is 1. The number of nitrogens with one attached hydrogen (secondary N) is 1. The van der Waals surface area contributed by atoms with Crippen molar-refractivity contribution < 1.29 is 24.2 Å². The predicted octanol–water partition coefficient (Wildman–Crippen LogP) is 0.555. The van der Waals surface area contributed by atoms with Crippen LogP contribution in [0.4, 0.5) is 0 Å². The first-order valence-electron chi connectivity index (χ1n) is 5.29. The Morgan fingerprint density at radius 1 is 1.29 bits per heavy atom. The monoisotopic (exact) mass is 245 g/mol. The van der Waals surface area contributed by atoms with Gasteiger partial charge >= 0.3 is 11.9 Å². The lowest BCUT2D eigenvalue weighted by Gasteiger charge is -2.22. The predicted molar refractivity (Wildman–Crippen MR) is 60.3 cm³/mol. The molecule has 0 spiro atoms. The zero-order valence-corrected chi connectivity index (χ0v) is 10.6. The van der Waals surface area contributed by atoms with Gasteiger partial charge in [0, 0.05) is 11.8 Å². The third kappa shape index (κ3) is 5.89. The first-order chi connectivity index (χ1) is 7.68. The van der Waals surface area contributed by atoms with Gasteiger partial charge < -0.3 is 15.2 Å². The third-order valence-corrected chi connectivity index (χ3v) is 2.12. The average molecular weight is 245 g/mol. The highest BCUT2D eigenvalue weighted by Crippen LogP contribution is 2.14. The van der Waals surface area contributed by atoms with Crippen LogP contribution < -0.4 is 5.32 Å². The molecule has 0 unspecified atom stereocenters. The number of hydrogen-bond donors (Lipinski definition) is 2. The van der Waals surface area contributed by atoms with Crippen molar-refractivity contribution in [2.24, 2.45) is 5.41 Å². The molecule has 0 heterocycles. The van der Waals surface area contributed by atoms with E-state index in [2.05, 4.69) is 10.1 Å². The fourth-order valence-electron chi connectivity index (χ4n) is 1.03. The molecule has 0 aliphatic rings. The smallest absolute Gasteiger partial charge is 0.328 e. The SMILES string of the molecule is COC(=O)[C@H](CCC(=O)O)NC(=O)C(C)(C)C. The lowest BCUT2D eigenvalue weighted by Crippen LogP contribution is -2.46. The van der Waals surface area contributed by atoms with Gasteiger partial charge in [0.15, 0.2) is 0 Å². The molecule has 17 heavy (non-hydrogen) atoms. The number of methoxy groups -OCH3 is 1. The van der Waals surface area contributed by atoms with Crippen LogP contribution >= 0.6 is 0 Å². The van der Waals surface area contributed by atoms with E-state index in [0.29, 0.717) is 0 Å². The Hall–Kier alpha value is -1.59. The Bertz CT molecular complexity index is 305. The number of carboxylic acids is 1. The summed E-state index contributed by atoms with van der Waals surface area (Å²) in [5.74, 6) is -1.98. The summed E-state index contributed by atoms with van der Waals surface area (Å²) in [6, 6.07) is -0.914. The summed E-state index contributed by atoms with van der Waals surface area (Å²) < 4.78 is 4.51. The minimum atomic E-state index is -1.02. The maximum Gasteiger partial charge on any atom is 0.328 e. The van der Waals surface area contributed by atoms with Crippen LogP contribution in [0.25, 0.3) is 0 Å². The van der Waals surface area contributed by atoms with Crippen molar-refractivity contribution in [3.05, 3.63) is 0 Å². The molecule has 1 amide bonds. The number of hydrogen-bond acceptors (Lipinski definition) is 4. The van der Waals surface area contributed by atoms with Gasteiger partial charge in [-0.05, 0) is 6.42 Å². The molecule has 0 aromatic heterocycles. The number of esters is 1. The number of rotatable bonds is 5. The highest BCUT2D eigenvalue weighted by molar-refractivity contribution is 5.87. The molecule has 0 rings (SSSR count). The lowest BCUT2D eigenvalue weighted by atomic mass is 9.95. The minimum absolute atomic E-state index is 0.0177. The van der Waals surface area contributed by atoms with Crippen LogP contribution in [-0.2, 0) is 19.1 Å². The van der Waals surface area contributed by atoms with Crippen LogP contribution in [0.3, 0.4) is 0 Å². The maximum absolute atomic E-state index is 11.7. The summed E-state index contributed by atoms with van der Waals surface area (Å²) in [7, 11) is 1.19. The molecule has 1 atom stereocenters. The number of carbonyl (C=O) groups excluding carboxylic acids is 2. The molecule has 0 aromatic carbocycles. The molecule has 0 aromatic rings. The van der Waals surface area contributed by atoms with Gasteiger partial charge in [-0.25, -0.2) is 4.79 Å². The molecule has 0 aliphatic heterocycles. The lowest BCUT2D eigenvalue weighted by molar-refractivity contribution is -0.147. The van der Waals surface area contributed by atoms with E-state index in [9.17, 15) is 14.4 Å². The Morgan fingerprint density at radius 3 is 2.18 bits per heavy atom. The van der Waals surface area contributed by atoms with Gasteiger partial charge in [-0.3, -0.25) is 9.59 Å². The third-order valence-electron chi connectivity index (χ3n) is 2.12. The molecule has 0 bridgehead atoms. The van der Waals surface area contributed by atoms with Gasteiger partial charge in [0.25, 0.3) is 0 Å². The first-order valence-corrected chi connectivity index (χ1v) is 5.29. The topological polar surface area (TPSA) is 92.7 Å². The molecule has 0 radical (unpaired) electrons. The van der Waals surface area contributed by atoms with Gasteiger partial charge in [-0.2, -0.15) is 0 Å². The second-order valence-corrected chi connectivity index (χ2v) is 4.73. The number of carboxylic acid groups (broad SMARTS) is 1. The molecule has 2 N–H and O–H groups in total. The molecule has 6 nitrogen and oxygen atoms in total. The number of aliphatic carboxylic acids is 1. The van der Waals surface area contributed by atoms with Crippen LogP contribution in [-0.4, -0.2) is 36.1 Å². The highest BCUT2D eigenvalue weighted by Gasteiger charge is 2.28. The quantitative estimate of drug-likeness (QED) is 0.690. The summed E-state index contributed by atoms with van der Waals surface area (Å²) in [6.07, 6.45) is -0.186. The van der Waals surface area contributed by atoms with Crippen LogP contribution in [0.5, 0.6) is 0 Å². The molecule has 0 saturated heterocycles. The zero-order valence-electron chi connectivity index (χ0n) is 10.6. The summed E-state index contributed by atoms with van der Waals surface area (Å²) in [5, 5.41) is 11.0. The largest absolute Gasteiger partial charge is 0.481 e. The van der Waals surface area contributed by atoms with E-state index < -0.39 is 23.4 Å². The molecule has 0 fully saturated rings. The Labute approximate surface area is 100 Å². The van der Waals surface area contributed by atoms with E-state index in [4.69, 9.17) is 5.11 Å². The van der Waals surface area contributed by atoms with Crippen molar-refractivity contribution in [3.8, 4) is 0 Å². The van der Waals surface area contributed by atoms with E-state index in [0.717, 1.165) is 0 Å². The standard InChI is InChI=1S/C11H19NO5/c1-11(2,3)10(16)12-7(9(15)17-4)5-6-8(13)14/h7H,5-6H2,1-4H3,(H,12,16)(H,13,14)/t7-/m0/s1. The second kappa shape index (κ2) is 6.22. The Balaban J connectivity index is 4.55. The van der Waals surface area contributed by atoms with Crippen molar-refractivity contribution in [3.63, 3.8) is 0 Å². The van der Waals surface area contributed by atoms with E-state index in [1.54, 1.807) is 20.8 Å². The summed E-state index contributed by atoms with van der Waals surface area (Å²) in [4.78, 5) is 33.5. The van der Waals surface area contributed by atoms with Gasteiger partial charge in [0.2, 0.25) is 5.91 Å². The number of amides is 1. The van der Waals surface area contributed by atoms with E-state index in [1.807, 2.05) is 0 Å². The van der Waals surface area contributed by atoms with Crippen molar-refractivity contribution in [2.45, 2.75) is 39.7 Å². The van der Waals surface area contributed by atoms with Crippen molar-refractivity contribution >= 4 is 17.8 Å². The van der Waals surface area contributed by atoms with Crippen LogP contribution in [0.15, 0.2) is 0 Å². The van der Waals surface area contributed by atoms with Gasteiger partial charge in [-0.15, -0.1) is 0 Å². The second-order valence-electron chi connectivity index (χ2n) is 4.73. The molecular weight excluding hydrogens is 226 g/mol. The minimum Gasteiger partial charge on any atom is -0.481 e. The van der Waals surface area contributed by atoms with E-state index >= 15 is 0 Å². The Morgan fingerprint density at radius 2 is 1.82 bits per heavy atom. The molecular formula is C11H19NO5. The van der Waals surface area contributed by atoms with Crippen LogP contribution in [0.1, 0.15) is 33.6 Å². The molecule has 98 valence electrons. The normalized spacial score (nSPS) is 12.7. The summed E-state index contributed by atoms with van der Waals surface area (Å²) in [6.45, 7) is 5.11. The Kier molecular flexibility index (Phi) is 5.64. The van der Waals surface area contributed by atoms with Crippen molar-refractivity contribution in [1.29, 1.82) is 0 Å². The van der Waals surface area contributed by atoms with Crippen LogP contribution in [0, 0.1) is 5.41 Å². The fourth-order valence-corrected chi connectivity index (χ4v) is 1.03. The van der Waals surface area contributed by atoms with E-state index in [1.165, 1.54) is 7.11 Å². The molecule has 0 aliphatic carbocycles. The number of carbonyl (C=O) groups is 3. The van der Waals surface area contributed by atoms with Gasteiger partial charge in [0.1, 0.15) is 6.04 Å². The van der Waals surface area contributed by atoms with E-state index in [-0.39, 0.29) is 18.7 Å². The van der Waals surface area contributed by atoms with Crippen molar-refractivity contribution in [1.82, 2.24) is 5.32 Å². The maximum atomic E-state index is 11.7. The van der Waals surface area contributed by atoms with Gasteiger partial charge in [-0.1, -0.05) is 20.8 Å². The fraction of sp³-hybridized carbons (Fsp3) is 0.727. The molecule has 0 saturated carbocycles. The van der Waals surface area contributed by atoms with Crippen molar-refractivity contribution in [2.75, 3.05) is 7.11 Å².